The Labute approximate surface area is 201 Å². The summed E-state index contributed by atoms with van der Waals surface area (Å²) < 4.78 is 12.8. The largest absolute Gasteiger partial charge is 0.482 e. The highest BCUT2D eigenvalue weighted by Gasteiger charge is 2.21. The number of carbonyl (C=O) groups excluding carboxylic acids is 1. The number of aryl methyl sites for hydroxylation is 1. The summed E-state index contributed by atoms with van der Waals surface area (Å²) in [4.78, 5) is 12.2. The molecule has 0 atom stereocenters. The lowest BCUT2D eigenvalue weighted by Crippen LogP contribution is -2.24. The molecule has 2 aromatic heterocycles. The van der Waals surface area contributed by atoms with Crippen LogP contribution in [-0.4, -0.2) is 22.2 Å². The van der Waals surface area contributed by atoms with Crippen molar-refractivity contribution < 1.29 is 13.9 Å². The monoisotopic (exact) mass is 529 g/mol. The molecule has 6 nitrogen and oxygen atoms in total. The van der Waals surface area contributed by atoms with Crippen LogP contribution in [0.1, 0.15) is 22.7 Å². The SMILES string of the molecule is O=C(NCCCn1cc(Cl)cn1)c1ccc(COc2c(Cl)c(Cl)c(Cl)c(Cl)c2Cl)o1. The van der Waals surface area contributed by atoms with Crippen molar-refractivity contribution in [3.05, 3.63) is 66.2 Å². The van der Waals surface area contributed by atoms with Crippen molar-refractivity contribution in [2.24, 2.45) is 0 Å². The Morgan fingerprint density at radius 2 is 1.70 bits per heavy atom. The van der Waals surface area contributed by atoms with Gasteiger partial charge in [0.25, 0.3) is 5.91 Å². The molecule has 0 radical (unpaired) electrons. The zero-order valence-corrected chi connectivity index (χ0v) is 19.6. The van der Waals surface area contributed by atoms with E-state index in [4.69, 9.17) is 78.8 Å². The maximum Gasteiger partial charge on any atom is 0.286 e. The number of halogens is 6. The summed E-state index contributed by atoms with van der Waals surface area (Å²) in [5, 5.41) is 7.54. The van der Waals surface area contributed by atoms with Gasteiger partial charge in [-0.25, -0.2) is 0 Å². The number of benzene rings is 1. The molecule has 1 aromatic carbocycles. The molecule has 0 spiro atoms. The van der Waals surface area contributed by atoms with Gasteiger partial charge >= 0.3 is 0 Å². The van der Waals surface area contributed by atoms with Crippen molar-refractivity contribution in [1.82, 2.24) is 15.1 Å². The Morgan fingerprint density at radius 3 is 2.33 bits per heavy atom. The van der Waals surface area contributed by atoms with Gasteiger partial charge in [-0.05, 0) is 18.6 Å². The third-order valence-corrected chi connectivity index (χ3v) is 6.30. The highest BCUT2D eigenvalue weighted by Crippen LogP contribution is 2.48. The molecule has 0 fully saturated rings. The first-order valence-electron chi connectivity index (χ1n) is 8.47. The minimum Gasteiger partial charge on any atom is -0.482 e. The van der Waals surface area contributed by atoms with E-state index in [9.17, 15) is 4.79 Å². The fourth-order valence-electron chi connectivity index (χ4n) is 2.42. The van der Waals surface area contributed by atoms with Gasteiger partial charge in [0.1, 0.15) is 22.4 Å². The molecule has 3 aromatic rings. The summed E-state index contributed by atoms with van der Waals surface area (Å²) in [5.41, 5.74) is 0. The van der Waals surface area contributed by atoms with E-state index >= 15 is 0 Å². The van der Waals surface area contributed by atoms with Crippen LogP contribution in [0.3, 0.4) is 0 Å². The van der Waals surface area contributed by atoms with Crippen molar-refractivity contribution in [2.45, 2.75) is 19.6 Å². The molecule has 3 rings (SSSR count). The molecule has 0 bridgehead atoms. The van der Waals surface area contributed by atoms with Crippen LogP contribution in [0.2, 0.25) is 30.1 Å². The quantitative estimate of drug-likeness (QED) is 0.197. The standard InChI is InChI=1S/C18H13Cl6N3O3/c19-9-6-26-27(7-9)5-1-4-25-18(28)11-3-2-10(30-11)8-29-17-15(23)13(21)12(20)14(22)16(17)24/h2-3,6-7H,1,4-5,8H2,(H,25,28). The number of furan rings is 1. The smallest absolute Gasteiger partial charge is 0.286 e. The minimum atomic E-state index is -0.353. The third kappa shape index (κ3) is 5.49. The van der Waals surface area contributed by atoms with Gasteiger partial charge in [0.2, 0.25) is 0 Å². The molecular formula is C18H13Cl6N3O3. The number of rotatable bonds is 8. The molecule has 0 unspecified atom stereocenters. The van der Waals surface area contributed by atoms with Gasteiger partial charge in [0.15, 0.2) is 11.5 Å². The van der Waals surface area contributed by atoms with Crippen LogP contribution in [-0.2, 0) is 13.2 Å². The topological polar surface area (TPSA) is 69.3 Å². The number of nitrogens with one attached hydrogen (secondary N) is 1. The van der Waals surface area contributed by atoms with Crippen molar-refractivity contribution in [3.63, 3.8) is 0 Å². The first-order chi connectivity index (χ1) is 14.3. The van der Waals surface area contributed by atoms with Gasteiger partial charge in [0.05, 0.1) is 26.3 Å². The predicted molar refractivity (Wildman–Crippen MR) is 119 cm³/mol. The number of aromatic nitrogens is 2. The Morgan fingerprint density at radius 1 is 1.03 bits per heavy atom. The summed E-state index contributed by atoms with van der Waals surface area (Å²) in [6.07, 6.45) is 3.94. The van der Waals surface area contributed by atoms with Crippen LogP contribution < -0.4 is 10.1 Å². The zero-order chi connectivity index (χ0) is 21.8. The molecule has 0 aliphatic carbocycles. The first kappa shape index (κ1) is 23.4. The van der Waals surface area contributed by atoms with Crippen LogP contribution >= 0.6 is 69.6 Å². The second-order valence-corrected chi connectivity index (χ2v) is 8.31. The minimum absolute atomic E-state index is 0.0269. The van der Waals surface area contributed by atoms with E-state index in [2.05, 4.69) is 10.4 Å². The van der Waals surface area contributed by atoms with Crippen LogP contribution in [0.4, 0.5) is 0 Å². The summed E-state index contributed by atoms with van der Waals surface area (Å²) in [5.74, 6) is 0.230. The summed E-state index contributed by atoms with van der Waals surface area (Å²) in [7, 11) is 0. The fourth-order valence-corrected chi connectivity index (χ4v) is 3.81. The van der Waals surface area contributed by atoms with Crippen molar-refractivity contribution in [2.75, 3.05) is 6.54 Å². The first-order valence-corrected chi connectivity index (χ1v) is 10.7. The van der Waals surface area contributed by atoms with E-state index in [0.717, 1.165) is 0 Å². The zero-order valence-electron chi connectivity index (χ0n) is 15.0. The van der Waals surface area contributed by atoms with E-state index in [1.54, 1.807) is 23.1 Å². The van der Waals surface area contributed by atoms with E-state index in [-0.39, 0.29) is 49.1 Å². The van der Waals surface area contributed by atoms with Crippen molar-refractivity contribution in [3.8, 4) is 5.75 Å². The summed E-state index contributed by atoms with van der Waals surface area (Å²) >= 11 is 36.0. The lowest BCUT2D eigenvalue weighted by molar-refractivity contribution is 0.0921. The second-order valence-electron chi connectivity index (χ2n) is 5.98. The molecule has 2 heterocycles. The average molecular weight is 532 g/mol. The Hall–Kier alpha value is -1.28. The van der Waals surface area contributed by atoms with E-state index in [0.29, 0.717) is 30.3 Å². The number of nitrogens with zero attached hydrogens (tertiary/aromatic N) is 2. The Balaban J connectivity index is 1.53. The summed E-state index contributed by atoms with van der Waals surface area (Å²) in [6.45, 7) is 1.01. The number of amides is 1. The van der Waals surface area contributed by atoms with Crippen molar-refractivity contribution in [1.29, 1.82) is 0 Å². The molecule has 1 amide bonds. The van der Waals surface area contributed by atoms with Gasteiger partial charge in [-0.1, -0.05) is 69.6 Å². The third-order valence-electron chi connectivity index (χ3n) is 3.87. The van der Waals surface area contributed by atoms with E-state index < -0.39 is 0 Å². The lowest BCUT2D eigenvalue weighted by Gasteiger charge is -2.12. The highest BCUT2D eigenvalue weighted by atomic mass is 35.5. The summed E-state index contributed by atoms with van der Waals surface area (Å²) in [6, 6.07) is 3.13. The normalized spacial score (nSPS) is 11.0. The number of hydrogen-bond acceptors (Lipinski definition) is 4. The van der Waals surface area contributed by atoms with Crippen LogP contribution in [0.15, 0.2) is 28.9 Å². The van der Waals surface area contributed by atoms with E-state index in [1.165, 1.54) is 6.07 Å². The molecular weight excluding hydrogens is 519 g/mol. The number of hydrogen-bond donors (Lipinski definition) is 1. The molecule has 160 valence electrons. The number of carbonyl (C=O) groups is 1. The van der Waals surface area contributed by atoms with Crippen LogP contribution in [0.25, 0.3) is 0 Å². The molecule has 0 saturated carbocycles. The van der Waals surface area contributed by atoms with Gasteiger partial charge < -0.3 is 14.5 Å². The predicted octanol–water partition coefficient (Wildman–Crippen LogP) is 6.80. The Bertz CT molecular complexity index is 1040. The van der Waals surface area contributed by atoms with Gasteiger partial charge in [-0.3, -0.25) is 9.48 Å². The maximum absolute atomic E-state index is 12.2. The highest BCUT2D eigenvalue weighted by molar-refractivity contribution is 6.55. The van der Waals surface area contributed by atoms with E-state index in [1.807, 2.05) is 0 Å². The molecule has 0 aliphatic heterocycles. The van der Waals surface area contributed by atoms with Gasteiger partial charge in [-0.2, -0.15) is 5.10 Å². The fraction of sp³-hybridized carbons (Fsp3) is 0.222. The molecule has 1 N–H and O–H groups in total. The second kappa shape index (κ2) is 10.4. The lowest BCUT2D eigenvalue weighted by atomic mass is 10.3. The molecule has 30 heavy (non-hydrogen) atoms. The number of ether oxygens (including phenoxy) is 1. The molecule has 0 aliphatic rings. The Kier molecular flexibility index (Phi) is 8.07. The molecule has 0 saturated heterocycles. The molecule has 12 heteroatoms. The van der Waals surface area contributed by atoms with Crippen LogP contribution in [0.5, 0.6) is 5.75 Å². The van der Waals surface area contributed by atoms with Crippen molar-refractivity contribution >= 4 is 75.5 Å². The van der Waals surface area contributed by atoms with Gasteiger partial charge in [0, 0.05) is 19.3 Å². The van der Waals surface area contributed by atoms with Gasteiger partial charge in [-0.15, -0.1) is 0 Å². The average Bonchev–Trinajstić information content (AvgIpc) is 3.37. The van der Waals surface area contributed by atoms with Crippen LogP contribution in [0, 0.1) is 0 Å². The maximum atomic E-state index is 12.2.